The Morgan fingerprint density at radius 3 is 2.74 bits per heavy atom. The van der Waals surface area contributed by atoms with E-state index in [9.17, 15) is 9.59 Å². The van der Waals surface area contributed by atoms with Crippen molar-refractivity contribution in [3.63, 3.8) is 0 Å². The largest absolute Gasteiger partial charge is 0.344 e. The normalized spacial score (nSPS) is 18.6. The van der Waals surface area contributed by atoms with Crippen molar-refractivity contribution in [1.29, 1.82) is 0 Å². The van der Waals surface area contributed by atoms with Crippen LogP contribution in [-0.4, -0.2) is 53.5 Å². The van der Waals surface area contributed by atoms with Gasteiger partial charge in [-0.1, -0.05) is 13.8 Å². The number of nitrogens with zero attached hydrogens (tertiary/aromatic N) is 3. The molecule has 5 heteroatoms. The van der Waals surface area contributed by atoms with Crippen molar-refractivity contribution in [3.05, 3.63) is 33.7 Å². The van der Waals surface area contributed by atoms with Crippen molar-refractivity contribution in [3.8, 4) is 0 Å². The fraction of sp³-hybridized carbons (Fsp3) is 0.667. The first-order valence-electron chi connectivity index (χ1n) is 8.43. The van der Waals surface area contributed by atoms with Crippen molar-refractivity contribution in [2.24, 2.45) is 18.9 Å². The summed E-state index contributed by atoms with van der Waals surface area (Å²) < 4.78 is 1.79. The summed E-state index contributed by atoms with van der Waals surface area (Å²) in [6.45, 7) is 10.4. The van der Waals surface area contributed by atoms with Crippen LogP contribution in [0, 0.1) is 18.8 Å². The van der Waals surface area contributed by atoms with E-state index < -0.39 is 0 Å². The number of aryl methyl sites for hydroxylation is 1. The molecule has 1 aliphatic rings. The van der Waals surface area contributed by atoms with Crippen LogP contribution in [-0.2, 0) is 7.05 Å². The molecule has 0 aliphatic carbocycles. The Hall–Kier alpha value is -1.62. The zero-order valence-electron chi connectivity index (χ0n) is 15.0. The Kier molecular flexibility index (Phi) is 5.63. The van der Waals surface area contributed by atoms with Gasteiger partial charge in [0.15, 0.2) is 5.43 Å². The Morgan fingerprint density at radius 1 is 1.39 bits per heavy atom. The summed E-state index contributed by atoms with van der Waals surface area (Å²) in [5.74, 6) is 1.12. The molecule has 1 aromatic heterocycles. The van der Waals surface area contributed by atoms with E-state index in [1.165, 1.54) is 6.07 Å². The van der Waals surface area contributed by atoms with Gasteiger partial charge in [0.1, 0.15) is 5.69 Å². The fourth-order valence-electron chi connectivity index (χ4n) is 3.38. The molecule has 1 amide bonds. The minimum atomic E-state index is -0.110. The zero-order chi connectivity index (χ0) is 17.1. The second kappa shape index (κ2) is 7.30. The van der Waals surface area contributed by atoms with E-state index in [0.717, 1.165) is 38.3 Å². The average molecular weight is 319 g/mol. The van der Waals surface area contributed by atoms with Crippen LogP contribution in [0.15, 0.2) is 16.9 Å². The molecular weight excluding hydrogens is 290 g/mol. The predicted octanol–water partition coefficient (Wildman–Crippen LogP) is 1.74. The van der Waals surface area contributed by atoms with Crippen LogP contribution in [0.25, 0.3) is 0 Å². The minimum Gasteiger partial charge on any atom is -0.344 e. The van der Waals surface area contributed by atoms with E-state index in [0.29, 0.717) is 17.5 Å². The van der Waals surface area contributed by atoms with Gasteiger partial charge in [0.25, 0.3) is 5.91 Å². The highest BCUT2D eigenvalue weighted by Crippen LogP contribution is 2.19. The number of rotatable bonds is 5. The van der Waals surface area contributed by atoms with Gasteiger partial charge >= 0.3 is 0 Å². The highest BCUT2D eigenvalue weighted by Gasteiger charge is 2.26. The Morgan fingerprint density at radius 2 is 2.09 bits per heavy atom. The molecule has 0 N–H and O–H groups in total. The van der Waals surface area contributed by atoms with E-state index in [-0.39, 0.29) is 11.3 Å². The molecule has 0 unspecified atom stereocenters. The predicted molar refractivity (Wildman–Crippen MR) is 92.8 cm³/mol. The lowest BCUT2D eigenvalue weighted by Crippen LogP contribution is -2.35. The standard InChI is InChI=1S/C18H29N3O2/c1-13(2)10-21-7-6-15(12-21)11-19(4)18(23)17-9-16(22)8-14(3)20(17)5/h8-9,13,15H,6-7,10-12H2,1-5H3/t15-/m1/s1. The average Bonchev–Trinajstić information content (AvgIpc) is 2.88. The molecule has 0 aromatic carbocycles. The zero-order valence-corrected chi connectivity index (χ0v) is 15.0. The highest BCUT2D eigenvalue weighted by molar-refractivity contribution is 5.92. The third-order valence-electron chi connectivity index (χ3n) is 4.61. The molecule has 23 heavy (non-hydrogen) atoms. The number of hydrogen-bond acceptors (Lipinski definition) is 3. The maximum Gasteiger partial charge on any atom is 0.270 e. The van der Waals surface area contributed by atoms with Gasteiger partial charge in [-0.2, -0.15) is 0 Å². The topological polar surface area (TPSA) is 45.6 Å². The van der Waals surface area contributed by atoms with Gasteiger partial charge in [-0.15, -0.1) is 0 Å². The molecule has 2 heterocycles. The van der Waals surface area contributed by atoms with Crippen LogP contribution in [0.2, 0.25) is 0 Å². The number of carbonyl (C=O) groups is 1. The van der Waals surface area contributed by atoms with Gasteiger partial charge in [0.05, 0.1) is 0 Å². The van der Waals surface area contributed by atoms with E-state index >= 15 is 0 Å². The van der Waals surface area contributed by atoms with E-state index in [1.54, 1.807) is 15.5 Å². The lowest BCUT2D eigenvalue weighted by atomic mass is 10.1. The molecule has 5 nitrogen and oxygen atoms in total. The maximum atomic E-state index is 12.7. The Labute approximate surface area is 138 Å². The smallest absolute Gasteiger partial charge is 0.270 e. The number of aromatic nitrogens is 1. The molecule has 0 radical (unpaired) electrons. The Balaban J connectivity index is 2.00. The SMILES string of the molecule is Cc1cc(=O)cc(C(=O)N(C)C[C@H]2CCN(CC(C)C)C2)n1C. The molecule has 0 saturated carbocycles. The summed E-state index contributed by atoms with van der Waals surface area (Å²) in [6.07, 6.45) is 1.14. The number of pyridine rings is 1. The Bertz CT molecular complexity index is 621. The minimum absolute atomic E-state index is 0.0735. The summed E-state index contributed by atoms with van der Waals surface area (Å²) in [5, 5.41) is 0. The van der Waals surface area contributed by atoms with E-state index in [1.807, 2.05) is 21.0 Å². The van der Waals surface area contributed by atoms with Gasteiger partial charge in [0, 0.05) is 51.6 Å². The number of amides is 1. The molecule has 1 aliphatic heterocycles. The first kappa shape index (κ1) is 17.7. The van der Waals surface area contributed by atoms with Crippen LogP contribution in [0.1, 0.15) is 36.5 Å². The van der Waals surface area contributed by atoms with Crippen LogP contribution in [0.3, 0.4) is 0 Å². The van der Waals surface area contributed by atoms with Crippen molar-refractivity contribution < 1.29 is 4.79 Å². The van der Waals surface area contributed by atoms with Crippen molar-refractivity contribution in [1.82, 2.24) is 14.4 Å². The first-order chi connectivity index (χ1) is 10.8. The van der Waals surface area contributed by atoms with Crippen LogP contribution in [0.4, 0.5) is 0 Å². The molecule has 0 bridgehead atoms. The first-order valence-corrected chi connectivity index (χ1v) is 8.43. The molecule has 0 spiro atoms. The summed E-state index contributed by atoms with van der Waals surface area (Å²) >= 11 is 0. The third kappa shape index (κ3) is 4.44. The quantitative estimate of drug-likeness (QED) is 0.830. The second-order valence-electron chi connectivity index (χ2n) is 7.27. The number of likely N-dealkylation sites (tertiary alicyclic amines) is 1. The third-order valence-corrected chi connectivity index (χ3v) is 4.61. The summed E-state index contributed by atoms with van der Waals surface area (Å²) in [5.41, 5.74) is 1.16. The summed E-state index contributed by atoms with van der Waals surface area (Å²) in [7, 11) is 3.66. The monoisotopic (exact) mass is 319 g/mol. The molecule has 1 saturated heterocycles. The van der Waals surface area contributed by atoms with Crippen LogP contribution in [0.5, 0.6) is 0 Å². The lowest BCUT2D eigenvalue weighted by molar-refractivity contribution is 0.0762. The van der Waals surface area contributed by atoms with Crippen molar-refractivity contribution >= 4 is 5.91 Å². The van der Waals surface area contributed by atoms with Gasteiger partial charge in [0.2, 0.25) is 0 Å². The highest BCUT2D eigenvalue weighted by atomic mass is 16.2. The number of carbonyl (C=O) groups excluding carboxylic acids is 1. The molecule has 2 rings (SSSR count). The van der Waals surface area contributed by atoms with Gasteiger partial charge in [-0.25, -0.2) is 0 Å². The van der Waals surface area contributed by atoms with E-state index in [4.69, 9.17) is 0 Å². The fourth-order valence-corrected chi connectivity index (χ4v) is 3.38. The molecule has 1 fully saturated rings. The number of hydrogen-bond donors (Lipinski definition) is 0. The van der Waals surface area contributed by atoms with Crippen LogP contribution < -0.4 is 5.43 Å². The summed E-state index contributed by atoms with van der Waals surface area (Å²) in [4.78, 5) is 28.6. The van der Waals surface area contributed by atoms with Gasteiger partial charge in [-0.3, -0.25) is 9.59 Å². The lowest BCUT2D eigenvalue weighted by Gasteiger charge is -2.23. The molecule has 128 valence electrons. The van der Waals surface area contributed by atoms with Crippen molar-refractivity contribution in [2.45, 2.75) is 27.2 Å². The maximum absolute atomic E-state index is 12.7. The second-order valence-corrected chi connectivity index (χ2v) is 7.27. The molecule has 1 aromatic rings. The molecular formula is C18H29N3O2. The van der Waals surface area contributed by atoms with Gasteiger partial charge in [-0.05, 0) is 31.7 Å². The van der Waals surface area contributed by atoms with Crippen molar-refractivity contribution in [2.75, 3.05) is 33.2 Å². The van der Waals surface area contributed by atoms with E-state index in [2.05, 4.69) is 18.7 Å². The van der Waals surface area contributed by atoms with Crippen LogP contribution >= 0.6 is 0 Å². The summed E-state index contributed by atoms with van der Waals surface area (Å²) in [6, 6.07) is 2.99. The molecule has 1 atom stereocenters. The van der Waals surface area contributed by atoms with Gasteiger partial charge < -0.3 is 14.4 Å².